The van der Waals surface area contributed by atoms with Crippen molar-refractivity contribution >= 4 is 21.7 Å². The minimum Gasteiger partial charge on any atom is -0.344 e. The molecule has 1 atom stereocenters. The summed E-state index contributed by atoms with van der Waals surface area (Å²) in [6, 6.07) is 1.99. The Morgan fingerprint density at radius 3 is 2.76 bits per heavy atom. The largest absolute Gasteiger partial charge is 0.408 e. The molecule has 6 heteroatoms. The highest BCUT2D eigenvalue weighted by Crippen LogP contribution is 2.36. The number of hydrogen-bond donors (Lipinski definition) is 0. The molecule has 94 valence electrons. The number of anilines is 1. The van der Waals surface area contributed by atoms with Crippen molar-refractivity contribution in [2.75, 3.05) is 11.4 Å². The summed E-state index contributed by atoms with van der Waals surface area (Å²) < 4.78 is 39.4. The molecule has 2 heterocycles. The van der Waals surface area contributed by atoms with Crippen molar-refractivity contribution in [3.63, 3.8) is 0 Å². The van der Waals surface area contributed by atoms with Crippen LogP contribution in [0.4, 0.5) is 19.0 Å². The molecule has 2 nitrogen and oxygen atoms in total. The molecule has 0 amide bonds. The van der Waals surface area contributed by atoms with Crippen LogP contribution in [0.3, 0.4) is 0 Å². The average molecular weight is 309 g/mol. The maximum atomic E-state index is 12.9. The SMILES string of the molecule is FC(F)(F)C1CCCCN1c1ncccc1Br. The maximum Gasteiger partial charge on any atom is 0.408 e. The second kappa shape index (κ2) is 4.84. The summed E-state index contributed by atoms with van der Waals surface area (Å²) in [6.07, 6.45) is -1.15. The van der Waals surface area contributed by atoms with Gasteiger partial charge in [0, 0.05) is 12.7 Å². The fourth-order valence-corrected chi connectivity index (χ4v) is 2.60. The van der Waals surface area contributed by atoms with Gasteiger partial charge in [-0.05, 0) is 47.3 Å². The van der Waals surface area contributed by atoms with Crippen LogP contribution in [0.2, 0.25) is 0 Å². The molecule has 17 heavy (non-hydrogen) atoms. The Labute approximate surface area is 106 Å². The van der Waals surface area contributed by atoms with Gasteiger partial charge in [0.2, 0.25) is 0 Å². The minimum absolute atomic E-state index is 0.145. The fourth-order valence-electron chi connectivity index (χ4n) is 2.11. The van der Waals surface area contributed by atoms with Crippen LogP contribution in [-0.2, 0) is 0 Å². The van der Waals surface area contributed by atoms with Crippen LogP contribution in [0, 0.1) is 0 Å². The molecule has 1 saturated heterocycles. The number of rotatable bonds is 1. The van der Waals surface area contributed by atoms with E-state index in [-0.39, 0.29) is 6.42 Å². The molecule has 0 bridgehead atoms. The van der Waals surface area contributed by atoms with E-state index in [0.29, 0.717) is 23.3 Å². The predicted molar refractivity (Wildman–Crippen MR) is 63.0 cm³/mol. The Kier molecular flexibility index (Phi) is 3.61. The van der Waals surface area contributed by atoms with Gasteiger partial charge in [-0.15, -0.1) is 0 Å². The Bertz CT molecular complexity index is 395. The predicted octanol–water partition coefficient (Wildman–Crippen LogP) is 3.77. The topological polar surface area (TPSA) is 16.1 Å². The number of halogens is 4. The zero-order valence-electron chi connectivity index (χ0n) is 9.04. The first kappa shape index (κ1) is 12.7. The summed E-state index contributed by atoms with van der Waals surface area (Å²) in [5.41, 5.74) is 0. The van der Waals surface area contributed by atoms with E-state index in [1.807, 2.05) is 0 Å². The third-order valence-electron chi connectivity index (χ3n) is 2.89. The van der Waals surface area contributed by atoms with Crippen molar-refractivity contribution < 1.29 is 13.2 Å². The van der Waals surface area contributed by atoms with E-state index < -0.39 is 12.2 Å². The highest BCUT2D eigenvalue weighted by atomic mass is 79.9. The summed E-state index contributed by atoms with van der Waals surface area (Å²) in [5.74, 6) is 0.384. The summed E-state index contributed by atoms with van der Waals surface area (Å²) in [7, 11) is 0. The molecule has 1 fully saturated rings. The van der Waals surface area contributed by atoms with Crippen LogP contribution in [-0.4, -0.2) is 23.7 Å². The van der Waals surface area contributed by atoms with Gasteiger partial charge in [0.1, 0.15) is 11.9 Å². The van der Waals surface area contributed by atoms with E-state index in [1.165, 1.54) is 11.1 Å². The molecule has 1 aliphatic heterocycles. The van der Waals surface area contributed by atoms with Crippen LogP contribution in [0.25, 0.3) is 0 Å². The minimum atomic E-state index is -4.20. The van der Waals surface area contributed by atoms with Crippen LogP contribution in [0.15, 0.2) is 22.8 Å². The first-order valence-electron chi connectivity index (χ1n) is 5.44. The summed E-state index contributed by atoms with van der Waals surface area (Å²) in [6.45, 7) is 0.403. The summed E-state index contributed by atoms with van der Waals surface area (Å²) in [5, 5.41) is 0. The Morgan fingerprint density at radius 2 is 2.12 bits per heavy atom. The smallest absolute Gasteiger partial charge is 0.344 e. The molecule has 0 N–H and O–H groups in total. The Hall–Kier alpha value is -0.780. The fraction of sp³-hybridized carbons (Fsp3) is 0.545. The van der Waals surface area contributed by atoms with Crippen molar-refractivity contribution in [3.05, 3.63) is 22.8 Å². The van der Waals surface area contributed by atoms with Crippen LogP contribution >= 0.6 is 15.9 Å². The highest BCUT2D eigenvalue weighted by Gasteiger charge is 2.45. The lowest BCUT2D eigenvalue weighted by Gasteiger charge is -2.37. The van der Waals surface area contributed by atoms with Gasteiger partial charge < -0.3 is 4.90 Å². The van der Waals surface area contributed by atoms with Gasteiger partial charge in [-0.2, -0.15) is 13.2 Å². The Balaban J connectivity index is 2.32. The van der Waals surface area contributed by atoms with Crippen LogP contribution in [0.1, 0.15) is 19.3 Å². The van der Waals surface area contributed by atoms with E-state index in [9.17, 15) is 13.2 Å². The molecule has 0 radical (unpaired) electrons. The number of nitrogens with zero attached hydrogens (tertiary/aromatic N) is 2. The second-order valence-electron chi connectivity index (χ2n) is 4.06. The third-order valence-corrected chi connectivity index (χ3v) is 3.51. The van der Waals surface area contributed by atoms with Gasteiger partial charge in [-0.3, -0.25) is 0 Å². The lowest BCUT2D eigenvalue weighted by Crippen LogP contribution is -2.49. The molecule has 1 aliphatic rings. The number of pyridine rings is 1. The number of alkyl halides is 3. The molecular weight excluding hydrogens is 297 g/mol. The standard InChI is InChI=1S/C11H12BrF3N2/c12-8-4-3-6-16-10(8)17-7-2-1-5-9(17)11(13,14)15/h3-4,6,9H,1-2,5,7H2. The van der Waals surface area contributed by atoms with Gasteiger partial charge >= 0.3 is 6.18 Å². The Morgan fingerprint density at radius 1 is 1.35 bits per heavy atom. The third kappa shape index (κ3) is 2.73. The quantitative estimate of drug-likeness (QED) is 0.785. The molecule has 0 saturated carbocycles. The first-order valence-corrected chi connectivity index (χ1v) is 6.23. The van der Waals surface area contributed by atoms with Crippen molar-refractivity contribution in [2.24, 2.45) is 0 Å². The summed E-state index contributed by atoms with van der Waals surface area (Å²) in [4.78, 5) is 5.40. The molecule has 0 aliphatic carbocycles. The number of hydrogen-bond acceptors (Lipinski definition) is 2. The molecule has 1 aromatic rings. The van der Waals surface area contributed by atoms with Crippen molar-refractivity contribution in [1.82, 2.24) is 4.98 Å². The number of aromatic nitrogens is 1. The molecule has 0 spiro atoms. The van der Waals surface area contributed by atoms with Crippen molar-refractivity contribution in [2.45, 2.75) is 31.5 Å². The molecule has 1 aromatic heterocycles. The normalized spacial score (nSPS) is 21.6. The van der Waals surface area contributed by atoms with Crippen molar-refractivity contribution in [3.8, 4) is 0 Å². The van der Waals surface area contributed by atoms with Gasteiger partial charge in [0.25, 0.3) is 0 Å². The first-order chi connectivity index (χ1) is 8.00. The summed E-state index contributed by atoms with van der Waals surface area (Å²) >= 11 is 3.25. The second-order valence-corrected chi connectivity index (χ2v) is 4.91. The molecular formula is C11H12BrF3N2. The zero-order valence-corrected chi connectivity index (χ0v) is 10.6. The number of piperidine rings is 1. The monoisotopic (exact) mass is 308 g/mol. The molecule has 1 unspecified atom stereocenters. The van der Waals surface area contributed by atoms with Gasteiger partial charge in [0.15, 0.2) is 0 Å². The van der Waals surface area contributed by atoms with Gasteiger partial charge in [-0.1, -0.05) is 0 Å². The van der Waals surface area contributed by atoms with Crippen LogP contribution < -0.4 is 4.90 Å². The maximum absolute atomic E-state index is 12.9. The zero-order chi connectivity index (χ0) is 12.5. The van der Waals surface area contributed by atoms with E-state index >= 15 is 0 Å². The van der Waals surface area contributed by atoms with E-state index in [2.05, 4.69) is 20.9 Å². The lowest BCUT2D eigenvalue weighted by atomic mass is 10.0. The molecule has 2 rings (SSSR count). The van der Waals surface area contributed by atoms with Gasteiger partial charge in [-0.25, -0.2) is 4.98 Å². The molecule has 0 aromatic carbocycles. The van der Waals surface area contributed by atoms with E-state index in [4.69, 9.17) is 0 Å². The van der Waals surface area contributed by atoms with E-state index in [1.54, 1.807) is 12.1 Å². The van der Waals surface area contributed by atoms with Crippen molar-refractivity contribution in [1.29, 1.82) is 0 Å². The highest BCUT2D eigenvalue weighted by molar-refractivity contribution is 9.10. The van der Waals surface area contributed by atoms with Crippen LogP contribution in [0.5, 0.6) is 0 Å². The lowest BCUT2D eigenvalue weighted by molar-refractivity contribution is -0.152. The average Bonchev–Trinajstić information content (AvgIpc) is 2.28. The van der Waals surface area contributed by atoms with Gasteiger partial charge in [0.05, 0.1) is 4.47 Å². The van der Waals surface area contributed by atoms with E-state index in [0.717, 1.165) is 6.42 Å².